The number of ether oxygens (including phenoxy) is 3. The van der Waals surface area contributed by atoms with Crippen molar-refractivity contribution < 1.29 is 54.8 Å². The van der Waals surface area contributed by atoms with E-state index in [2.05, 4.69) is 6.92 Å². The van der Waals surface area contributed by atoms with Crippen molar-refractivity contribution in [3.05, 3.63) is 113 Å². The van der Waals surface area contributed by atoms with Crippen molar-refractivity contribution in [2.45, 2.75) is 45.5 Å². The lowest BCUT2D eigenvalue weighted by atomic mass is 9.85. The molecular weight excluding hydrogens is 633 g/mol. The molecule has 4 aromatic carbocycles. The molecule has 0 bridgehead atoms. The zero-order chi connectivity index (χ0) is 34.1. The normalized spacial score (nSPS) is 19.5. The van der Waals surface area contributed by atoms with Gasteiger partial charge < -0.3 is 19.3 Å². The van der Waals surface area contributed by atoms with Crippen LogP contribution in [0, 0.1) is 46.1 Å². The smallest absolute Gasteiger partial charge is 0.349 e. The van der Waals surface area contributed by atoms with Gasteiger partial charge in [-0.25, -0.2) is 35.5 Å². The Morgan fingerprint density at radius 2 is 1.28 bits per heavy atom. The zero-order valence-electron chi connectivity index (χ0n) is 25.2. The topological polar surface area (TPSA) is 65.0 Å². The first kappa shape index (κ1) is 34.1. The van der Waals surface area contributed by atoms with Crippen LogP contribution in [0.2, 0.25) is 0 Å². The molecule has 4 aromatic rings. The first-order valence-corrected chi connectivity index (χ1v) is 14.7. The van der Waals surface area contributed by atoms with Crippen LogP contribution in [0.4, 0.5) is 30.7 Å². The molecule has 0 atom stereocenters. The van der Waals surface area contributed by atoms with E-state index >= 15 is 13.2 Å². The van der Waals surface area contributed by atoms with Gasteiger partial charge in [0.25, 0.3) is 0 Å². The number of rotatable bonds is 9. The summed E-state index contributed by atoms with van der Waals surface area (Å²) in [5.41, 5.74) is -2.81. The molecule has 1 saturated heterocycles. The van der Waals surface area contributed by atoms with E-state index in [0.717, 1.165) is 43.9 Å². The maximum Gasteiger partial charge on any atom is 0.349 e. The predicted octanol–water partition coefficient (Wildman–Crippen LogP) is 8.95. The summed E-state index contributed by atoms with van der Waals surface area (Å²) < 4.78 is 117. The van der Waals surface area contributed by atoms with Crippen LogP contribution < -0.4 is 4.74 Å². The molecule has 1 heterocycles. The minimum absolute atomic E-state index is 0.0663. The quantitative estimate of drug-likeness (QED) is 0.0638. The van der Waals surface area contributed by atoms with Crippen LogP contribution in [-0.2, 0) is 15.4 Å². The first-order chi connectivity index (χ1) is 22.2. The highest BCUT2D eigenvalue weighted by molar-refractivity contribution is 5.92. The van der Waals surface area contributed by atoms with Crippen molar-refractivity contribution in [2.24, 2.45) is 5.41 Å². The Bertz CT molecular complexity index is 1770. The first-order valence-electron chi connectivity index (χ1n) is 14.7. The second kappa shape index (κ2) is 13.5. The second-order valence-corrected chi connectivity index (χ2v) is 11.7. The summed E-state index contributed by atoms with van der Waals surface area (Å²) in [7, 11) is 0. The summed E-state index contributed by atoms with van der Waals surface area (Å²) >= 11 is 0. The predicted molar refractivity (Wildman–Crippen MR) is 156 cm³/mol. The van der Waals surface area contributed by atoms with Crippen molar-refractivity contribution in [3.63, 3.8) is 0 Å². The Kier molecular flexibility index (Phi) is 9.76. The summed E-state index contributed by atoms with van der Waals surface area (Å²) in [5, 5.41) is 10.9. The Balaban J connectivity index is 1.31. The van der Waals surface area contributed by atoms with Crippen molar-refractivity contribution in [2.75, 3.05) is 13.2 Å². The van der Waals surface area contributed by atoms with E-state index in [1.807, 2.05) is 6.92 Å². The molecule has 47 heavy (non-hydrogen) atoms. The fraction of sp³-hybridized carbons (Fsp3) is 0.286. The maximum atomic E-state index is 15.2. The van der Waals surface area contributed by atoms with Gasteiger partial charge in [-0.05, 0) is 60.0 Å². The zero-order valence-corrected chi connectivity index (χ0v) is 25.2. The molecule has 0 unspecified atom stereocenters. The van der Waals surface area contributed by atoms with Crippen molar-refractivity contribution >= 4 is 5.97 Å². The van der Waals surface area contributed by atoms with Gasteiger partial charge in [-0.3, -0.25) is 0 Å². The molecule has 0 saturated carbocycles. The molecule has 248 valence electrons. The van der Waals surface area contributed by atoms with E-state index in [1.54, 1.807) is 0 Å². The molecule has 12 heteroatoms. The van der Waals surface area contributed by atoms with Gasteiger partial charge in [-0.15, -0.1) is 0 Å². The molecule has 1 aliphatic rings. The van der Waals surface area contributed by atoms with Crippen LogP contribution in [-0.4, -0.2) is 24.3 Å². The largest absolute Gasteiger partial charge is 0.423 e. The van der Waals surface area contributed by atoms with Crippen molar-refractivity contribution in [1.82, 2.24) is 0 Å². The Morgan fingerprint density at radius 3 is 1.81 bits per heavy atom. The monoisotopic (exact) mass is 662 g/mol. The molecule has 1 N–H and O–H groups in total. The fourth-order valence-corrected chi connectivity index (χ4v) is 5.27. The number of hydrogen-bond acceptors (Lipinski definition) is 5. The maximum absolute atomic E-state index is 15.2. The summed E-state index contributed by atoms with van der Waals surface area (Å²) in [4.78, 5) is 12.6. The van der Waals surface area contributed by atoms with Crippen LogP contribution in [0.3, 0.4) is 0 Å². The van der Waals surface area contributed by atoms with Crippen molar-refractivity contribution in [3.8, 4) is 28.0 Å². The number of unbranched alkanes of at least 4 members (excludes halogenated alkanes) is 2. The molecule has 0 amide bonds. The van der Waals surface area contributed by atoms with Gasteiger partial charge in [0.2, 0.25) is 0 Å². The highest BCUT2D eigenvalue weighted by atomic mass is 19.2. The molecule has 5 nitrogen and oxygen atoms in total. The van der Waals surface area contributed by atoms with Gasteiger partial charge in [0.15, 0.2) is 17.5 Å². The average Bonchev–Trinajstić information content (AvgIpc) is 3.01. The molecular formula is C35H29F7O5. The highest BCUT2D eigenvalue weighted by Gasteiger charge is 2.43. The van der Waals surface area contributed by atoms with Gasteiger partial charge >= 0.3 is 11.9 Å². The van der Waals surface area contributed by atoms with Crippen LogP contribution in [0.15, 0.2) is 60.7 Å². The number of halogens is 7. The highest BCUT2D eigenvalue weighted by Crippen LogP contribution is 2.39. The van der Waals surface area contributed by atoms with Crippen LogP contribution in [0.25, 0.3) is 22.3 Å². The standard InChI is InChI=1S/C35H29F7O5/c1-3-4-5-10-34(2)17-45-35(44,46-18-34)21-6-8-23(25(36)15-21)19-11-27(38)31(28(39)12-19)33(43)47-22-7-9-24(26(37)16-22)20-13-29(40)32(42)30(41)14-20/h6-9,11-16,44H,3-5,10,17-18H2,1-2H3. The van der Waals surface area contributed by atoms with E-state index in [4.69, 9.17) is 14.2 Å². The molecule has 1 fully saturated rings. The Labute approximate surface area is 265 Å². The van der Waals surface area contributed by atoms with E-state index in [-0.39, 0.29) is 46.4 Å². The minimum atomic E-state index is -2.23. The van der Waals surface area contributed by atoms with E-state index < -0.39 is 64.0 Å². The van der Waals surface area contributed by atoms with E-state index in [9.17, 15) is 27.5 Å². The summed E-state index contributed by atoms with van der Waals surface area (Å²) in [5.74, 6) is -14.1. The number of hydrogen-bond donors (Lipinski definition) is 1. The van der Waals surface area contributed by atoms with Crippen LogP contribution in [0.5, 0.6) is 5.75 Å². The average molecular weight is 663 g/mol. The third-order valence-electron chi connectivity index (χ3n) is 7.95. The van der Waals surface area contributed by atoms with Gasteiger partial charge in [0.1, 0.15) is 34.6 Å². The Hall–Kier alpha value is -4.26. The van der Waals surface area contributed by atoms with Crippen LogP contribution >= 0.6 is 0 Å². The molecule has 1 aliphatic heterocycles. The molecule has 0 radical (unpaired) electrons. The third-order valence-corrected chi connectivity index (χ3v) is 7.95. The third kappa shape index (κ3) is 7.19. The lowest BCUT2D eigenvalue weighted by Crippen LogP contribution is -2.46. The lowest BCUT2D eigenvalue weighted by molar-refractivity contribution is -0.415. The Morgan fingerprint density at radius 1 is 0.745 bits per heavy atom. The molecule has 5 rings (SSSR count). The van der Waals surface area contributed by atoms with Crippen molar-refractivity contribution in [1.29, 1.82) is 0 Å². The summed E-state index contributed by atoms with van der Waals surface area (Å²) in [6.45, 7) is 4.37. The lowest BCUT2D eigenvalue weighted by Gasteiger charge is -2.42. The number of aliphatic hydroxyl groups is 1. The second-order valence-electron chi connectivity index (χ2n) is 11.7. The van der Waals surface area contributed by atoms with Gasteiger partial charge in [0.05, 0.1) is 13.2 Å². The number of carbonyl (C=O) groups excluding carboxylic acids is 1. The van der Waals surface area contributed by atoms with E-state index in [0.29, 0.717) is 30.3 Å². The SMILES string of the molecule is CCCCCC1(C)COC(O)(c2ccc(-c3cc(F)c(C(=O)Oc4ccc(-c5cc(F)c(F)c(F)c5)c(F)c4)c(F)c3)c(F)c2)OC1. The van der Waals surface area contributed by atoms with E-state index in [1.165, 1.54) is 12.1 Å². The van der Waals surface area contributed by atoms with Gasteiger partial charge in [-0.1, -0.05) is 45.2 Å². The minimum Gasteiger partial charge on any atom is -0.423 e. The van der Waals surface area contributed by atoms with Gasteiger partial charge in [-0.2, -0.15) is 0 Å². The summed E-state index contributed by atoms with van der Waals surface area (Å²) in [6, 6.07) is 8.49. The number of benzene rings is 4. The molecule has 0 spiro atoms. The van der Waals surface area contributed by atoms with Gasteiger partial charge in [0, 0.05) is 28.2 Å². The van der Waals surface area contributed by atoms with Crippen LogP contribution in [0.1, 0.15) is 55.5 Å². The molecule has 0 aromatic heterocycles. The number of carbonyl (C=O) groups is 1. The fourth-order valence-electron chi connectivity index (χ4n) is 5.27. The number of esters is 1. The molecule has 0 aliphatic carbocycles. The summed E-state index contributed by atoms with van der Waals surface area (Å²) in [6.07, 6.45) is 3.86.